The first-order chi connectivity index (χ1) is 9.65. The molecule has 0 aromatic heterocycles. The summed E-state index contributed by atoms with van der Waals surface area (Å²) >= 11 is 9.71. The van der Waals surface area contributed by atoms with Gasteiger partial charge in [-0.1, -0.05) is 24.6 Å². The maximum Gasteiger partial charge on any atom is 0.142 e. The lowest BCUT2D eigenvalue weighted by Crippen LogP contribution is -2.49. The van der Waals surface area contributed by atoms with Crippen LogP contribution in [0.25, 0.3) is 0 Å². The molecule has 112 valence electrons. The average molecular weight is 335 g/mol. The molecule has 0 radical (unpaired) electrons. The molecule has 3 unspecified atom stereocenters. The van der Waals surface area contributed by atoms with Crippen LogP contribution in [0.2, 0.25) is 5.02 Å². The predicted molar refractivity (Wildman–Crippen MR) is 89.0 cm³/mol. The first-order valence-corrected chi connectivity index (χ1v) is 9.26. The summed E-state index contributed by atoms with van der Waals surface area (Å²) in [7, 11) is 0. The zero-order valence-corrected chi connectivity index (χ0v) is 13.8. The highest BCUT2D eigenvalue weighted by molar-refractivity contribution is 8.07. The largest absolute Gasteiger partial charge is 0.271 e. The van der Waals surface area contributed by atoms with E-state index in [1.165, 1.54) is 11.8 Å². The monoisotopic (exact) mass is 334 g/mol. The topological polar surface area (TPSA) is 38.0 Å². The van der Waals surface area contributed by atoms with Gasteiger partial charge in [-0.05, 0) is 30.5 Å². The van der Waals surface area contributed by atoms with Crippen molar-refractivity contribution in [1.82, 2.24) is 5.43 Å². The number of hydrazine groups is 1. The summed E-state index contributed by atoms with van der Waals surface area (Å²) in [4.78, 5) is 0. The van der Waals surface area contributed by atoms with E-state index in [9.17, 15) is 4.39 Å². The number of nitrogens with two attached hydrogens (primary N) is 1. The Balaban J connectivity index is 2.09. The van der Waals surface area contributed by atoms with Crippen LogP contribution in [0.15, 0.2) is 18.2 Å². The normalized spacial score (nSPS) is 24.6. The van der Waals surface area contributed by atoms with Crippen LogP contribution in [0.1, 0.15) is 18.9 Å². The van der Waals surface area contributed by atoms with E-state index in [0.29, 0.717) is 10.5 Å². The Bertz CT molecular complexity index is 447. The second kappa shape index (κ2) is 7.90. The van der Waals surface area contributed by atoms with E-state index in [1.807, 2.05) is 29.6 Å². The van der Waals surface area contributed by atoms with Crippen LogP contribution in [-0.2, 0) is 6.42 Å². The Kier molecular flexibility index (Phi) is 6.49. The van der Waals surface area contributed by atoms with E-state index in [0.717, 1.165) is 24.2 Å². The van der Waals surface area contributed by atoms with Gasteiger partial charge in [0.05, 0.1) is 5.02 Å². The summed E-state index contributed by atoms with van der Waals surface area (Å²) in [6, 6.07) is 5.14. The Morgan fingerprint density at radius 2 is 2.20 bits per heavy atom. The molecule has 1 aromatic carbocycles. The molecule has 2 nitrogen and oxygen atoms in total. The highest BCUT2D eigenvalue weighted by atomic mass is 35.5. The first-order valence-electron chi connectivity index (χ1n) is 6.79. The summed E-state index contributed by atoms with van der Waals surface area (Å²) in [5, 5.41) is 1.23. The lowest BCUT2D eigenvalue weighted by atomic mass is 10.0. The zero-order chi connectivity index (χ0) is 14.5. The van der Waals surface area contributed by atoms with Crippen molar-refractivity contribution in [2.75, 3.05) is 11.5 Å². The molecule has 3 N–H and O–H groups in total. The van der Waals surface area contributed by atoms with Crippen LogP contribution in [0.4, 0.5) is 4.39 Å². The summed E-state index contributed by atoms with van der Waals surface area (Å²) in [6.45, 7) is 2.21. The number of benzene rings is 1. The second-order valence-corrected chi connectivity index (χ2v) is 7.92. The molecule has 1 saturated heterocycles. The van der Waals surface area contributed by atoms with Crippen molar-refractivity contribution in [1.29, 1.82) is 0 Å². The molecule has 1 heterocycles. The number of halogens is 2. The molecular weight excluding hydrogens is 315 g/mol. The maximum absolute atomic E-state index is 13.5. The van der Waals surface area contributed by atoms with Gasteiger partial charge >= 0.3 is 0 Å². The summed E-state index contributed by atoms with van der Waals surface area (Å²) < 4.78 is 13.5. The summed E-state index contributed by atoms with van der Waals surface area (Å²) in [6.07, 6.45) is 1.86. The van der Waals surface area contributed by atoms with Crippen LogP contribution in [-0.4, -0.2) is 28.0 Å². The van der Waals surface area contributed by atoms with Crippen molar-refractivity contribution < 1.29 is 4.39 Å². The molecule has 1 aromatic rings. The fourth-order valence-corrected chi connectivity index (χ4v) is 5.86. The minimum atomic E-state index is -0.363. The maximum atomic E-state index is 13.5. The first kappa shape index (κ1) is 16.4. The third-order valence-corrected chi connectivity index (χ3v) is 7.26. The summed E-state index contributed by atoms with van der Waals surface area (Å²) in [5.74, 6) is 7.73. The van der Waals surface area contributed by atoms with E-state index in [1.54, 1.807) is 6.07 Å². The van der Waals surface area contributed by atoms with E-state index in [4.69, 9.17) is 17.4 Å². The van der Waals surface area contributed by atoms with Crippen LogP contribution < -0.4 is 11.3 Å². The van der Waals surface area contributed by atoms with Gasteiger partial charge < -0.3 is 0 Å². The van der Waals surface area contributed by atoms with E-state index < -0.39 is 0 Å². The van der Waals surface area contributed by atoms with Gasteiger partial charge in [0.15, 0.2) is 0 Å². The SMILES string of the molecule is CCC1SCCSC1C(Cc1ccc(Cl)c(F)c1)NN. The second-order valence-electron chi connectivity index (χ2n) is 4.88. The fourth-order valence-electron chi connectivity index (χ4n) is 2.50. The quantitative estimate of drug-likeness (QED) is 0.638. The van der Waals surface area contributed by atoms with E-state index >= 15 is 0 Å². The molecule has 0 aliphatic carbocycles. The van der Waals surface area contributed by atoms with Crippen molar-refractivity contribution in [3.8, 4) is 0 Å². The third-order valence-electron chi connectivity index (χ3n) is 3.54. The molecule has 1 fully saturated rings. The van der Waals surface area contributed by atoms with Gasteiger partial charge in [-0.3, -0.25) is 11.3 Å². The lowest BCUT2D eigenvalue weighted by molar-refractivity contribution is 0.489. The molecule has 3 atom stereocenters. The van der Waals surface area contributed by atoms with Gasteiger partial charge in [-0.15, -0.1) is 0 Å². The standard InChI is InChI=1S/C14H20ClFN2S2/c1-2-13-14(20-6-5-19-13)12(18-17)8-9-3-4-10(15)11(16)7-9/h3-4,7,12-14,18H,2,5-6,8,17H2,1H3. The lowest BCUT2D eigenvalue weighted by Gasteiger charge is -2.35. The Morgan fingerprint density at radius 1 is 1.45 bits per heavy atom. The molecule has 0 spiro atoms. The average Bonchev–Trinajstić information content (AvgIpc) is 2.48. The van der Waals surface area contributed by atoms with E-state index in [2.05, 4.69) is 12.3 Å². The molecule has 1 aliphatic heterocycles. The molecule has 0 amide bonds. The molecule has 20 heavy (non-hydrogen) atoms. The van der Waals surface area contributed by atoms with Crippen molar-refractivity contribution in [2.24, 2.45) is 5.84 Å². The number of hydrogen-bond donors (Lipinski definition) is 2. The van der Waals surface area contributed by atoms with E-state index in [-0.39, 0.29) is 16.9 Å². The van der Waals surface area contributed by atoms with Crippen molar-refractivity contribution in [2.45, 2.75) is 36.3 Å². The van der Waals surface area contributed by atoms with Crippen molar-refractivity contribution in [3.63, 3.8) is 0 Å². The van der Waals surface area contributed by atoms with Crippen LogP contribution in [0.5, 0.6) is 0 Å². The van der Waals surface area contributed by atoms with Gasteiger partial charge in [0.1, 0.15) is 5.82 Å². The predicted octanol–water partition coefficient (Wildman–Crippen LogP) is 3.48. The molecule has 1 aliphatic rings. The van der Waals surface area contributed by atoms with Crippen LogP contribution in [0.3, 0.4) is 0 Å². The number of thioether (sulfide) groups is 2. The highest BCUT2D eigenvalue weighted by Gasteiger charge is 2.31. The van der Waals surface area contributed by atoms with Gasteiger partial charge in [0, 0.05) is 28.0 Å². The molecule has 6 heteroatoms. The van der Waals surface area contributed by atoms with Crippen molar-refractivity contribution in [3.05, 3.63) is 34.6 Å². The fraction of sp³-hybridized carbons (Fsp3) is 0.571. The van der Waals surface area contributed by atoms with Crippen molar-refractivity contribution >= 4 is 35.1 Å². The minimum absolute atomic E-state index is 0.151. The van der Waals surface area contributed by atoms with Gasteiger partial charge in [-0.25, -0.2) is 4.39 Å². The number of rotatable bonds is 5. The van der Waals surface area contributed by atoms with Crippen LogP contribution >= 0.6 is 35.1 Å². The summed E-state index contributed by atoms with van der Waals surface area (Å²) in [5.41, 5.74) is 3.86. The highest BCUT2D eigenvalue weighted by Crippen LogP contribution is 2.36. The third kappa shape index (κ3) is 4.04. The number of hydrogen-bond acceptors (Lipinski definition) is 4. The molecule has 0 bridgehead atoms. The number of nitrogens with one attached hydrogen (secondary N) is 1. The minimum Gasteiger partial charge on any atom is -0.271 e. The van der Waals surface area contributed by atoms with Gasteiger partial charge in [-0.2, -0.15) is 23.5 Å². The molecule has 2 rings (SSSR count). The molecule has 0 saturated carbocycles. The van der Waals surface area contributed by atoms with Crippen LogP contribution in [0, 0.1) is 5.82 Å². The zero-order valence-electron chi connectivity index (χ0n) is 11.4. The molecular formula is C14H20ClFN2S2. The van der Waals surface area contributed by atoms with Gasteiger partial charge in [0.2, 0.25) is 0 Å². The van der Waals surface area contributed by atoms with Gasteiger partial charge in [0.25, 0.3) is 0 Å². The smallest absolute Gasteiger partial charge is 0.142 e. The Hall–Kier alpha value is 0.0600. The Morgan fingerprint density at radius 3 is 2.85 bits per heavy atom. The Labute approximate surface area is 133 Å².